The first-order valence-electron chi connectivity index (χ1n) is 7.78. The van der Waals surface area contributed by atoms with Crippen LogP contribution in [0.5, 0.6) is 0 Å². The number of hydrogen-bond donors (Lipinski definition) is 1. The van der Waals surface area contributed by atoms with Crippen LogP contribution in [-0.4, -0.2) is 36.0 Å². The van der Waals surface area contributed by atoms with Crippen LogP contribution in [0.1, 0.15) is 60.3 Å². The summed E-state index contributed by atoms with van der Waals surface area (Å²) in [5.74, 6) is 0.299. The van der Waals surface area contributed by atoms with Gasteiger partial charge in [-0.15, -0.1) is 0 Å². The van der Waals surface area contributed by atoms with Crippen molar-refractivity contribution in [3.8, 4) is 0 Å². The number of likely N-dealkylation sites (tertiary alicyclic amines) is 1. The minimum Gasteiger partial charge on any atom is -0.342 e. The SMILES string of the molecule is CC(NC1CCN(C(=O)C(C)(C)C)CC1)C1(C)CC1. The molecule has 1 saturated heterocycles. The molecule has 0 aromatic heterocycles. The standard InChI is InChI=1S/C16H30N2O/c1-12(16(5)8-9-16)17-13-6-10-18(11-7-13)14(19)15(2,3)4/h12-13,17H,6-11H2,1-5H3. The van der Waals surface area contributed by atoms with Crippen LogP contribution in [0.4, 0.5) is 0 Å². The molecule has 1 N–H and O–H groups in total. The normalized spacial score (nSPS) is 25.2. The molecule has 1 heterocycles. The second kappa shape index (κ2) is 5.08. The van der Waals surface area contributed by atoms with Crippen molar-refractivity contribution in [2.24, 2.45) is 10.8 Å². The van der Waals surface area contributed by atoms with Gasteiger partial charge in [0.15, 0.2) is 0 Å². The predicted octanol–water partition coefficient (Wildman–Crippen LogP) is 2.80. The summed E-state index contributed by atoms with van der Waals surface area (Å²) in [4.78, 5) is 14.3. The van der Waals surface area contributed by atoms with Gasteiger partial charge in [-0.05, 0) is 38.0 Å². The molecule has 1 atom stereocenters. The molecule has 1 unspecified atom stereocenters. The first-order valence-corrected chi connectivity index (χ1v) is 7.78. The van der Waals surface area contributed by atoms with Crippen LogP contribution in [0.2, 0.25) is 0 Å². The highest BCUT2D eigenvalue weighted by atomic mass is 16.2. The highest BCUT2D eigenvalue weighted by Gasteiger charge is 2.43. The fourth-order valence-corrected chi connectivity index (χ4v) is 2.91. The van der Waals surface area contributed by atoms with Crippen LogP contribution in [0.15, 0.2) is 0 Å². The number of nitrogens with one attached hydrogen (secondary N) is 1. The zero-order valence-electron chi connectivity index (χ0n) is 13.3. The molecule has 0 aromatic carbocycles. The van der Waals surface area contributed by atoms with E-state index in [0.29, 0.717) is 23.4 Å². The van der Waals surface area contributed by atoms with E-state index in [1.54, 1.807) is 0 Å². The molecule has 1 amide bonds. The number of hydrogen-bond acceptors (Lipinski definition) is 2. The van der Waals surface area contributed by atoms with Gasteiger partial charge in [-0.25, -0.2) is 0 Å². The van der Waals surface area contributed by atoms with Crippen LogP contribution in [0.25, 0.3) is 0 Å². The number of nitrogens with zero attached hydrogens (tertiary/aromatic N) is 1. The summed E-state index contributed by atoms with van der Waals surface area (Å²) in [5.41, 5.74) is 0.299. The molecule has 110 valence electrons. The van der Waals surface area contributed by atoms with Gasteiger partial charge in [-0.3, -0.25) is 4.79 Å². The molecule has 1 aliphatic carbocycles. The quantitative estimate of drug-likeness (QED) is 0.852. The summed E-state index contributed by atoms with van der Waals surface area (Å²) in [5, 5.41) is 3.78. The second-order valence-electron chi connectivity index (χ2n) is 7.86. The van der Waals surface area contributed by atoms with Crippen LogP contribution in [-0.2, 0) is 4.79 Å². The monoisotopic (exact) mass is 266 g/mol. The molecule has 0 bridgehead atoms. The average Bonchev–Trinajstić information content (AvgIpc) is 3.08. The van der Waals surface area contributed by atoms with Crippen molar-refractivity contribution in [3.05, 3.63) is 0 Å². The Bertz CT molecular complexity index is 333. The number of carbonyl (C=O) groups is 1. The van der Waals surface area contributed by atoms with E-state index < -0.39 is 0 Å². The Kier molecular flexibility index (Phi) is 3.97. The lowest BCUT2D eigenvalue weighted by Crippen LogP contribution is -2.50. The van der Waals surface area contributed by atoms with E-state index in [1.165, 1.54) is 12.8 Å². The van der Waals surface area contributed by atoms with Crippen molar-refractivity contribution in [2.75, 3.05) is 13.1 Å². The molecular formula is C16H30N2O. The van der Waals surface area contributed by atoms with Crippen molar-refractivity contribution < 1.29 is 4.79 Å². The highest BCUT2D eigenvalue weighted by Crippen LogP contribution is 2.48. The number of rotatable bonds is 3. The van der Waals surface area contributed by atoms with Crippen LogP contribution in [0, 0.1) is 10.8 Å². The molecule has 0 aromatic rings. The molecule has 0 spiro atoms. The lowest BCUT2D eigenvalue weighted by Gasteiger charge is -2.37. The third-order valence-electron chi connectivity index (χ3n) is 4.99. The summed E-state index contributed by atoms with van der Waals surface area (Å²) in [6, 6.07) is 1.21. The summed E-state index contributed by atoms with van der Waals surface area (Å²) >= 11 is 0. The van der Waals surface area contributed by atoms with Crippen molar-refractivity contribution in [3.63, 3.8) is 0 Å². The topological polar surface area (TPSA) is 32.3 Å². The van der Waals surface area contributed by atoms with E-state index >= 15 is 0 Å². The molecule has 19 heavy (non-hydrogen) atoms. The maximum atomic E-state index is 12.2. The molecule has 3 nitrogen and oxygen atoms in total. The van der Waals surface area contributed by atoms with Gasteiger partial charge in [0, 0.05) is 30.6 Å². The third-order valence-corrected chi connectivity index (χ3v) is 4.99. The fourth-order valence-electron chi connectivity index (χ4n) is 2.91. The van der Waals surface area contributed by atoms with E-state index in [4.69, 9.17) is 0 Å². The Morgan fingerprint density at radius 3 is 2.21 bits per heavy atom. The first kappa shape index (κ1) is 14.8. The number of amides is 1. The summed E-state index contributed by atoms with van der Waals surface area (Å²) < 4.78 is 0. The summed E-state index contributed by atoms with van der Waals surface area (Å²) in [6.07, 6.45) is 4.93. The van der Waals surface area contributed by atoms with Crippen molar-refractivity contribution in [1.82, 2.24) is 10.2 Å². The van der Waals surface area contributed by atoms with Gasteiger partial charge in [0.25, 0.3) is 0 Å². The van der Waals surface area contributed by atoms with E-state index in [0.717, 1.165) is 25.9 Å². The van der Waals surface area contributed by atoms with E-state index in [2.05, 4.69) is 19.2 Å². The Hall–Kier alpha value is -0.570. The van der Waals surface area contributed by atoms with Gasteiger partial charge in [-0.1, -0.05) is 27.7 Å². The summed E-state index contributed by atoms with van der Waals surface area (Å²) in [7, 11) is 0. The van der Waals surface area contributed by atoms with E-state index in [9.17, 15) is 4.79 Å². The molecule has 2 fully saturated rings. The highest BCUT2D eigenvalue weighted by molar-refractivity contribution is 5.81. The second-order valence-corrected chi connectivity index (χ2v) is 7.86. The van der Waals surface area contributed by atoms with E-state index in [-0.39, 0.29) is 5.41 Å². The Morgan fingerprint density at radius 1 is 1.26 bits per heavy atom. The minimum atomic E-state index is -0.241. The van der Waals surface area contributed by atoms with Gasteiger partial charge in [0.2, 0.25) is 5.91 Å². The maximum Gasteiger partial charge on any atom is 0.227 e. The molecular weight excluding hydrogens is 236 g/mol. The predicted molar refractivity (Wildman–Crippen MR) is 79.0 cm³/mol. The zero-order valence-corrected chi connectivity index (χ0v) is 13.3. The van der Waals surface area contributed by atoms with Gasteiger partial charge >= 0.3 is 0 Å². The largest absolute Gasteiger partial charge is 0.342 e. The smallest absolute Gasteiger partial charge is 0.227 e. The lowest BCUT2D eigenvalue weighted by molar-refractivity contribution is -0.140. The van der Waals surface area contributed by atoms with Gasteiger partial charge in [0.1, 0.15) is 0 Å². The van der Waals surface area contributed by atoms with Crippen LogP contribution in [0.3, 0.4) is 0 Å². The number of piperidine rings is 1. The molecule has 1 saturated carbocycles. The molecule has 3 heteroatoms. The van der Waals surface area contributed by atoms with Crippen molar-refractivity contribution >= 4 is 5.91 Å². The average molecular weight is 266 g/mol. The Morgan fingerprint density at radius 2 is 1.79 bits per heavy atom. The minimum absolute atomic E-state index is 0.241. The lowest BCUT2D eigenvalue weighted by atomic mass is 9.92. The Balaban J connectivity index is 1.78. The van der Waals surface area contributed by atoms with Crippen molar-refractivity contribution in [1.29, 1.82) is 0 Å². The third kappa shape index (κ3) is 3.50. The van der Waals surface area contributed by atoms with Gasteiger partial charge in [0.05, 0.1) is 0 Å². The molecule has 1 aliphatic heterocycles. The van der Waals surface area contributed by atoms with E-state index in [1.807, 2.05) is 25.7 Å². The summed E-state index contributed by atoms with van der Waals surface area (Å²) in [6.45, 7) is 12.6. The Labute approximate surface area is 118 Å². The maximum absolute atomic E-state index is 12.2. The van der Waals surface area contributed by atoms with Crippen LogP contribution < -0.4 is 5.32 Å². The van der Waals surface area contributed by atoms with Crippen molar-refractivity contribution in [2.45, 2.75) is 72.4 Å². The van der Waals surface area contributed by atoms with Crippen LogP contribution >= 0.6 is 0 Å². The van der Waals surface area contributed by atoms with Gasteiger partial charge in [-0.2, -0.15) is 0 Å². The zero-order chi connectivity index (χ0) is 14.3. The molecule has 2 aliphatic rings. The van der Waals surface area contributed by atoms with Gasteiger partial charge < -0.3 is 10.2 Å². The molecule has 2 rings (SSSR count). The first-order chi connectivity index (χ1) is 8.72. The number of carbonyl (C=O) groups excluding carboxylic acids is 1. The fraction of sp³-hybridized carbons (Fsp3) is 0.938. The molecule has 0 radical (unpaired) electrons.